The molecule has 0 saturated heterocycles. The summed E-state index contributed by atoms with van der Waals surface area (Å²) in [6.45, 7) is 2.28. The molecule has 1 rings (SSSR count). The average molecular weight is 405 g/mol. The van der Waals surface area contributed by atoms with Crippen LogP contribution in [0, 0.1) is 0 Å². The molecular formula is C26H44O3. The molecule has 1 aromatic rings. The molecule has 166 valence electrons. The van der Waals surface area contributed by atoms with Crippen molar-refractivity contribution < 1.29 is 14.6 Å². The third-order valence-corrected chi connectivity index (χ3v) is 5.84. The van der Waals surface area contributed by atoms with Crippen LogP contribution in [0.25, 0.3) is 0 Å². The Morgan fingerprint density at radius 2 is 1.21 bits per heavy atom. The van der Waals surface area contributed by atoms with Crippen molar-refractivity contribution in [1.29, 1.82) is 0 Å². The van der Waals surface area contributed by atoms with Crippen molar-refractivity contribution >= 4 is 5.97 Å². The van der Waals surface area contributed by atoms with Crippen LogP contribution in [0.4, 0.5) is 0 Å². The van der Waals surface area contributed by atoms with Crippen molar-refractivity contribution in [3.63, 3.8) is 0 Å². The highest BCUT2D eigenvalue weighted by Crippen LogP contribution is 2.21. The van der Waals surface area contributed by atoms with Crippen molar-refractivity contribution in [2.45, 2.75) is 116 Å². The van der Waals surface area contributed by atoms with Crippen molar-refractivity contribution in [2.24, 2.45) is 0 Å². The van der Waals surface area contributed by atoms with Gasteiger partial charge in [-0.05, 0) is 36.6 Å². The Labute approximate surface area is 179 Å². The van der Waals surface area contributed by atoms with Crippen LogP contribution < -0.4 is 4.74 Å². The summed E-state index contributed by atoms with van der Waals surface area (Å²) in [5.41, 5.74) is 1.30. The molecule has 0 saturated carbocycles. The van der Waals surface area contributed by atoms with Gasteiger partial charge >= 0.3 is 5.97 Å². The number of benzene rings is 1. The lowest BCUT2D eigenvalue weighted by Gasteiger charge is -2.09. The summed E-state index contributed by atoms with van der Waals surface area (Å²) in [6.07, 6.45) is 22.4. The lowest BCUT2D eigenvalue weighted by Crippen LogP contribution is -2.03. The second kappa shape index (κ2) is 17.4. The fourth-order valence-electron chi connectivity index (χ4n) is 3.98. The van der Waals surface area contributed by atoms with Crippen LogP contribution >= 0.6 is 0 Å². The molecule has 0 unspecified atom stereocenters. The molecule has 0 radical (unpaired) electrons. The topological polar surface area (TPSA) is 46.5 Å². The van der Waals surface area contributed by atoms with Crippen LogP contribution in [0.1, 0.15) is 126 Å². The molecule has 3 nitrogen and oxygen atoms in total. The predicted molar refractivity (Wildman–Crippen MR) is 123 cm³/mol. The molecule has 0 aliphatic carbocycles. The number of carboxylic acids is 1. The molecule has 1 aromatic carbocycles. The van der Waals surface area contributed by atoms with E-state index in [2.05, 4.69) is 6.92 Å². The van der Waals surface area contributed by atoms with E-state index < -0.39 is 5.97 Å². The first-order valence-corrected chi connectivity index (χ1v) is 12.1. The van der Waals surface area contributed by atoms with Gasteiger partial charge in [0, 0.05) is 0 Å². The fraction of sp³-hybridized carbons (Fsp3) is 0.731. The SMILES string of the molecule is CCCCCCCCCCCCCCCCCCc1cc(OC)ccc1C(=O)O. The van der Waals surface area contributed by atoms with Crippen LogP contribution in [-0.2, 0) is 6.42 Å². The summed E-state index contributed by atoms with van der Waals surface area (Å²) in [5, 5.41) is 9.32. The molecule has 0 fully saturated rings. The van der Waals surface area contributed by atoms with Gasteiger partial charge in [0.25, 0.3) is 0 Å². The first kappa shape index (κ1) is 25.5. The Kier molecular flexibility index (Phi) is 15.3. The number of hydrogen-bond acceptors (Lipinski definition) is 2. The van der Waals surface area contributed by atoms with Crippen LogP contribution in [0.5, 0.6) is 5.75 Å². The molecule has 0 aliphatic heterocycles. The van der Waals surface area contributed by atoms with Crippen molar-refractivity contribution in [3.8, 4) is 5.75 Å². The molecule has 0 aromatic heterocycles. The Bertz CT molecular complexity index is 539. The van der Waals surface area contributed by atoms with Gasteiger partial charge in [-0.2, -0.15) is 0 Å². The molecule has 1 N–H and O–H groups in total. The quantitative estimate of drug-likeness (QED) is 0.236. The summed E-state index contributed by atoms with van der Waals surface area (Å²) in [4.78, 5) is 11.4. The second-order valence-electron chi connectivity index (χ2n) is 8.38. The van der Waals surface area contributed by atoms with E-state index in [1.807, 2.05) is 6.07 Å². The Hall–Kier alpha value is -1.51. The molecule has 0 bridgehead atoms. The number of aryl methyl sites for hydroxylation is 1. The summed E-state index contributed by atoms with van der Waals surface area (Å²) in [7, 11) is 1.62. The Balaban J connectivity index is 1.96. The maximum absolute atomic E-state index is 11.4. The largest absolute Gasteiger partial charge is 0.497 e. The molecule has 0 amide bonds. The number of unbranched alkanes of at least 4 members (excludes halogenated alkanes) is 15. The number of carboxylic acid groups (broad SMARTS) is 1. The van der Waals surface area contributed by atoms with Crippen LogP contribution in [0.2, 0.25) is 0 Å². The van der Waals surface area contributed by atoms with Gasteiger partial charge in [0.15, 0.2) is 0 Å². The minimum atomic E-state index is -0.848. The van der Waals surface area contributed by atoms with Crippen molar-refractivity contribution in [3.05, 3.63) is 29.3 Å². The summed E-state index contributed by atoms with van der Waals surface area (Å²) < 4.78 is 5.23. The third-order valence-electron chi connectivity index (χ3n) is 5.84. The smallest absolute Gasteiger partial charge is 0.335 e. The normalized spacial score (nSPS) is 11.0. The number of ether oxygens (including phenoxy) is 1. The first-order valence-electron chi connectivity index (χ1n) is 12.1. The monoisotopic (exact) mass is 404 g/mol. The maximum Gasteiger partial charge on any atom is 0.335 e. The lowest BCUT2D eigenvalue weighted by molar-refractivity contribution is 0.0695. The van der Waals surface area contributed by atoms with Gasteiger partial charge in [-0.15, -0.1) is 0 Å². The number of methoxy groups -OCH3 is 1. The highest BCUT2D eigenvalue weighted by molar-refractivity contribution is 5.89. The standard InChI is InChI=1S/C26H44O3/c1-3-4-5-6-7-8-9-10-11-12-13-14-15-16-17-18-19-23-22-24(29-2)20-21-25(23)26(27)28/h20-22H,3-19H2,1-2H3,(H,27,28). The minimum Gasteiger partial charge on any atom is -0.497 e. The Morgan fingerprint density at radius 3 is 1.62 bits per heavy atom. The molecule has 0 spiro atoms. The van der Waals surface area contributed by atoms with Gasteiger partial charge < -0.3 is 9.84 Å². The van der Waals surface area contributed by atoms with Crippen molar-refractivity contribution in [2.75, 3.05) is 7.11 Å². The molecule has 29 heavy (non-hydrogen) atoms. The second-order valence-corrected chi connectivity index (χ2v) is 8.38. The summed E-state index contributed by atoms with van der Waals surface area (Å²) in [6, 6.07) is 5.25. The third kappa shape index (κ3) is 12.6. The minimum absolute atomic E-state index is 0.409. The van der Waals surface area contributed by atoms with Gasteiger partial charge in [-0.3, -0.25) is 0 Å². The van der Waals surface area contributed by atoms with E-state index in [4.69, 9.17) is 4.74 Å². The zero-order valence-corrected chi connectivity index (χ0v) is 19.0. The molecule has 0 heterocycles. The Morgan fingerprint density at radius 1 is 0.759 bits per heavy atom. The predicted octanol–water partition coefficient (Wildman–Crippen LogP) is 8.20. The van der Waals surface area contributed by atoms with Gasteiger partial charge in [-0.1, -0.05) is 103 Å². The number of hydrogen-bond donors (Lipinski definition) is 1. The van der Waals surface area contributed by atoms with E-state index >= 15 is 0 Å². The van der Waals surface area contributed by atoms with Gasteiger partial charge in [0.05, 0.1) is 12.7 Å². The molecule has 0 atom stereocenters. The lowest BCUT2D eigenvalue weighted by atomic mass is 9.99. The van der Waals surface area contributed by atoms with E-state index in [9.17, 15) is 9.90 Å². The van der Waals surface area contributed by atoms with Crippen molar-refractivity contribution in [1.82, 2.24) is 0 Å². The number of carbonyl (C=O) groups is 1. The maximum atomic E-state index is 11.4. The van der Waals surface area contributed by atoms with E-state index in [1.165, 1.54) is 96.3 Å². The fourth-order valence-corrected chi connectivity index (χ4v) is 3.98. The first-order chi connectivity index (χ1) is 14.2. The summed E-state index contributed by atoms with van der Waals surface area (Å²) >= 11 is 0. The van der Waals surface area contributed by atoms with Crippen LogP contribution in [0.3, 0.4) is 0 Å². The zero-order valence-electron chi connectivity index (χ0n) is 19.0. The van der Waals surface area contributed by atoms with E-state index in [0.29, 0.717) is 5.56 Å². The summed E-state index contributed by atoms with van der Waals surface area (Å²) in [5.74, 6) is -0.111. The van der Waals surface area contributed by atoms with E-state index in [0.717, 1.165) is 24.2 Å². The zero-order chi connectivity index (χ0) is 21.2. The van der Waals surface area contributed by atoms with Gasteiger partial charge in [0.1, 0.15) is 5.75 Å². The molecule has 3 heteroatoms. The van der Waals surface area contributed by atoms with E-state index in [-0.39, 0.29) is 0 Å². The molecule has 0 aliphatic rings. The van der Waals surface area contributed by atoms with E-state index in [1.54, 1.807) is 19.2 Å². The molecular weight excluding hydrogens is 360 g/mol. The number of rotatable bonds is 19. The van der Waals surface area contributed by atoms with Crippen LogP contribution in [-0.4, -0.2) is 18.2 Å². The number of aromatic carboxylic acids is 1. The van der Waals surface area contributed by atoms with Gasteiger partial charge in [0.2, 0.25) is 0 Å². The highest BCUT2D eigenvalue weighted by atomic mass is 16.5. The highest BCUT2D eigenvalue weighted by Gasteiger charge is 2.10. The van der Waals surface area contributed by atoms with Gasteiger partial charge in [-0.25, -0.2) is 4.79 Å². The average Bonchev–Trinajstić information content (AvgIpc) is 2.73. The van der Waals surface area contributed by atoms with Crippen LogP contribution in [0.15, 0.2) is 18.2 Å².